The molecule has 1 N–H and O–H groups in total. The van der Waals surface area contributed by atoms with E-state index in [1.807, 2.05) is 18.2 Å². The van der Waals surface area contributed by atoms with Gasteiger partial charge in [-0.05, 0) is 85.0 Å². The number of aryl methyl sites for hydroxylation is 1. The minimum atomic E-state index is 0.255. The molecular formula is C20H23NO. The molecule has 3 aliphatic rings. The summed E-state index contributed by atoms with van der Waals surface area (Å²) >= 11 is 0. The second-order valence-corrected chi connectivity index (χ2v) is 7.59. The number of benzene rings is 1. The van der Waals surface area contributed by atoms with Crippen LogP contribution in [0.4, 0.5) is 0 Å². The maximum atomic E-state index is 9.73. The molecule has 114 valence electrons. The van der Waals surface area contributed by atoms with Gasteiger partial charge in [-0.15, -0.1) is 0 Å². The second kappa shape index (κ2) is 4.88. The van der Waals surface area contributed by atoms with Crippen LogP contribution in [0.1, 0.15) is 56.1 Å². The normalized spacial score (nSPS) is 38.0. The van der Waals surface area contributed by atoms with Crippen molar-refractivity contribution in [3.05, 3.63) is 41.0 Å². The van der Waals surface area contributed by atoms with Crippen LogP contribution in [-0.4, -0.2) is 5.11 Å². The maximum absolute atomic E-state index is 9.73. The van der Waals surface area contributed by atoms with Crippen molar-refractivity contribution in [2.75, 3.05) is 0 Å². The topological polar surface area (TPSA) is 44.0 Å². The molecule has 2 heteroatoms. The summed E-state index contributed by atoms with van der Waals surface area (Å²) in [6.07, 6.45) is 8.94. The third-order valence-electron chi connectivity index (χ3n) is 6.80. The average Bonchev–Trinajstić information content (AvgIpc) is 2.84. The van der Waals surface area contributed by atoms with E-state index >= 15 is 0 Å². The van der Waals surface area contributed by atoms with Crippen LogP contribution in [0.2, 0.25) is 0 Å². The molecule has 2 nitrogen and oxygen atoms in total. The van der Waals surface area contributed by atoms with Crippen molar-refractivity contribution in [1.82, 2.24) is 0 Å². The number of phenols is 1. The summed E-state index contributed by atoms with van der Waals surface area (Å²) in [4.78, 5) is 0. The Morgan fingerprint density at radius 1 is 1.27 bits per heavy atom. The van der Waals surface area contributed by atoms with Gasteiger partial charge in [-0.3, -0.25) is 0 Å². The fourth-order valence-corrected chi connectivity index (χ4v) is 5.73. The van der Waals surface area contributed by atoms with Gasteiger partial charge >= 0.3 is 0 Å². The first-order valence-corrected chi connectivity index (χ1v) is 8.54. The molecule has 1 aromatic rings. The SMILES string of the molecule is CC12CCC3c4ccc(O)cc4CCC3C1CCC2=CC#N. The van der Waals surface area contributed by atoms with E-state index in [0.29, 0.717) is 11.7 Å². The molecule has 0 radical (unpaired) electrons. The van der Waals surface area contributed by atoms with Gasteiger partial charge in [0.2, 0.25) is 0 Å². The largest absolute Gasteiger partial charge is 0.508 e. The molecular weight excluding hydrogens is 270 g/mol. The lowest BCUT2D eigenvalue weighted by Gasteiger charge is -2.49. The van der Waals surface area contributed by atoms with Gasteiger partial charge in [-0.1, -0.05) is 18.6 Å². The van der Waals surface area contributed by atoms with E-state index < -0.39 is 0 Å². The van der Waals surface area contributed by atoms with Crippen molar-refractivity contribution in [2.24, 2.45) is 17.3 Å². The molecule has 4 rings (SSSR count). The number of fused-ring (bicyclic) bond motifs is 5. The van der Waals surface area contributed by atoms with Gasteiger partial charge < -0.3 is 5.11 Å². The summed E-state index contributed by atoms with van der Waals surface area (Å²) in [6, 6.07) is 8.25. The Kier molecular flexibility index (Phi) is 3.08. The standard InChI is InChI=1S/C20H23NO/c1-20-10-8-17-16-6-4-15(22)12-13(16)2-5-18(17)19(20)7-3-14(20)9-11-21/h4,6,9,12,17-19,22H,2-3,5,7-8,10H2,1H3. The number of nitriles is 1. The molecule has 2 saturated carbocycles. The van der Waals surface area contributed by atoms with E-state index in [9.17, 15) is 5.11 Å². The summed E-state index contributed by atoms with van der Waals surface area (Å²) in [6.45, 7) is 2.40. The zero-order valence-electron chi connectivity index (χ0n) is 13.2. The second-order valence-electron chi connectivity index (χ2n) is 7.59. The van der Waals surface area contributed by atoms with Gasteiger partial charge in [0.15, 0.2) is 0 Å². The Labute approximate surface area is 132 Å². The average molecular weight is 293 g/mol. The quantitative estimate of drug-likeness (QED) is 0.705. The molecule has 0 bridgehead atoms. The van der Waals surface area contributed by atoms with Crippen LogP contribution in [0.15, 0.2) is 29.8 Å². The Morgan fingerprint density at radius 2 is 2.14 bits per heavy atom. The number of phenolic OH excluding ortho intramolecular Hbond substituents is 1. The predicted molar refractivity (Wildman–Crippen MR) is 86.4 cm³/mol. The minimum Gasteiger partial charge on any atom is -0.508 e. The smallest absolute Gasteiger partial charge is 0.115 e. The molecule has 0 heterocycles. The van der Waals surface area contributed by atoms with Gasteiger partial charge in [-0.25, -0.2) is 0 Å². The zero-order chi connectivity index (χ0) is 15.3. The third kappa shape index (κ3) is 1.85. The van der Waals surface area contributed by atoms with Gasteiger partial charge in [0.25, 0.3) is 0 Å². The Morgan fingerprint density at radius 3 is 2.95 bits per heavy atom. The van der Waals surface area contributed by atoms with E-state index in [2.05, 4.69) is 19.1 Å². The van der Waals surface area contributed by atoms with E-state index in [1.165, 1.54) is 42.4 Å². The highest BCUT2D eigenvalue weighted by Crippen LogP contribution is 2.62. The fraction of sp³-hybridized carbons (Fsp3) is 0.550. The Hall–Kier alpha value is -1.75. The van der Waals surface area contributed by atoms with Gasteiger partial charge in [-0.2, -0.15) is 5.26 Å². The molecule has 0 amide bonds. The molecule has 0 aromatic heterocycles. The molecule has 4 atom stereocenters. The molecule has 1 aromatic carbocycles. The highest BCUT2D eigenvalue weighted by atomic mass is 16.3. The maximum Gasteiger partial charge on any atom is 0.115 e. The molecule has 3 aliphatic carbocycles. The van der Waals surface area contributed by atoms with Crippen LogP contribution in [0.25, 0.3) is 0 Å². The Bertz CT molecular complexity index is 683. The van der Waals surface area contributed by atoms with Crippen LogP contribution in [0.5, 0.6) is 5.75 Å². The first-order chi connectivity index (χ1) is 10.6. The van der Waals surface area contributed by atoms with Crippen molar-refractivity contribution >= 4 is 0 Å². The Balaban J connectivity index is 1.70. The van der Waals surface area contributed by atoms with Crippen LogP contribution >= 0.6 is 0 Å². The molecule has 0 spiro atoms. The molecule has 4 unspecified atom stereocenters. The first-order valence-electron chi connectivity index (χ1n) is 8.54. The van der Waals surface area contributed by atoms with Crippen molar-refractivity contribution in [3.63, 3.8) is 0 Å². The highest BCUT2D eigenvalue weighted by Gasteiger charge is 2.52. The molecule has 0 aliphatic heterocycles. The van der Waals surface area contributed by atoms with Crippen LogP contribution in [0.3, 0.4) is 0 Å². The van der Waals surface area contributed by atoms with Crippen molar-refractivity contribution < 1.29 is 5.11 Å². The third-order valence-corrected chi connectivity index (χ3v) is 6.80. The number of rotatable bonds is 0. The summed E-state index contributed by atoms with van der Waals surface area (Å²) < 4.78 is 0. The lowest BCUT2D eigenvalue weighted by Crippen LogP contribution is -2.40. The highest BCUT2D eigenvalue weighted by molar-refractivity contribution is 5.41. The first kappa shape index (κ1) is 13.9. The molecule has 0 saturated heterocycles. The van der Waals surface area contributed by atoms with E-state index in [-0.39, 0.29) is 5.41 Å². The number of nitrogens with zero attached hydrogens (tertiary/aromatic N) is 1. The van der Waals surface area contributed by atoms with Crippen LogP contribution in [0, 0.1) is 28.6 Å². The van der Waals surface area contributed by atoms with E-state index in [1.54, 1.807) is 0 Å². The monoisotopic (exact) mass is 293 g/mol. The van der Waals surface area contributed by atoms with E-state index in [0.717, 1.165) is 24.7 Å². The zero-order valence-corrected chi connectivity index (χ0v) is 13.2. The molecule has 2 fully saturated rings. The predicted octanol–water partition coefficient (Wildman–Crippen LogP) is 4.70. The number of allylic oxidation sites excluding steroid dienone is 2. The number of aromatic hydroxyl groups is 1. The summed E-state index contributed by atoms with van der Waals surface area (Å²) in [5.41, 5.74) is 4.49. The van der Waals surface area contributed by atoms with Crippen molar-refractivity contribution in [1.29, 1.82) is 5.26 Å². The van der Waals surface area contributed by atoms with E-state index in [4.69, 9.17) is 5.26 Å². The van der Waals surface area contributed by atoms with Crippen LogP contribution in [-0.2, 0) is 6.42 Å². The number of hydrogen-bond donors (Lipinski definition) is 1. The number of hydrogen-bond acceptors (Lipinski definition) is 2. The fourth-order valence-electron chi connectivity index (χ4n) is 5.73. The van der Waals surface area contributed by atoms with Gasteiger partial charge in [0.05, 0.1) is 6.07 Å². The van der Waals surface area contributed by atoms with Gasteiger partial charge in [0.1, 0.15) is 5.75 Å². The van der Waals surface area contributed by atoms with Crippen molar-refractivity contribution in [2.45, 2.75) is 51.4 Å². The summed E-state index contributed by atoms with van der Waals surface area (Å²) in [5, 5.41) is 18.8. The van der Waals surface area contributed by atoms with Crippen LogP contribution < -0.4 is 0 Å². The summed E-state index contributed by atoms with van der Waals surface area (Å²) in [5.74, 6) is 2.54. The van der Waals surface area contributed by atoms with Crippen molar-refractivity contribution in [3.8, 4) is 11.8 Å². The summed E-state index contributed by atoms with van der Waals surface area (Å²) in [7, 11) is 0. The lowest BCUT2D eigenvalue weighted by molar-refractivity contribution is 0.0814. The molecule has 22 heavy (non-hydrogen) atoms. The van der Waals surface area contributed by atoms with Gasteiger partial charge in [0, 0.05) is 6.08 Å². The minimum absolute atomic E-state index is 0.255. The lowest BCUT2D eigenvalue weighted by atomic mass is 9.55.